The number of ketones is 1. The van der Waals surface area contributed by atoms with Crippen LogP contribution in [0.3, 0.4) is 0 Å². The van der Waals surface area contributed by atoms with Gasteiger partial charge in [0, 0.05) is 40.6 Å². The molecule has 5 heteroatoms. The lowest BCUT2D eigenvalue weighted by molar-refractivity contribution is -0.118. The summed E-state index contributed by atoms with van der Waals surface area (Å²) in [6, 6.07) is 13.6. The van der Waals surface area contributed by atoms with Crippen LogP contribution in [0.15, 0.2) is 71.1 Å². The molecule has 0 radical (unpaired) electrons. The number of anilines is 1. The molecule has 2 aromatic rings. The van der Waals surface area contributed by atoms with E-state index in [0.717, 1.165) is 28.9 Å². The van der Waals surface area contributed by atoms with E-state index in [1.807, 2.05) is 38.1 Å². The molecular formula is C26H27FN2O2. The third-order valence-electron chi connectivity index (χ3n) is 6.08. The van der Waals surface area contributed by atoms with Gasteiger partial charge in [-0.15, -0.1) is 0 Å². The summed E-state index contributed by atoms with van der Waals surface area (Å²) in [7, 11) is 0. The summed E-state index contributed by atoms with van der Waals surface area (Å²) >= 11 is 0. The second kappa shape index (κ2) is 7.80. The van der Waals surface area contributed by atoms with Gasteiger partial charge in [-0.2, -0.15) is 0 Å². The third-order valence-corrected chi connectivity index (χ3v) is 6.08. The smallest absolute Gasteiger partial charge is 0.254 e. The summed E-state index contributed by atoms with van der Waals surface area (Å²) < 4.78 is 13.6. The van der Waals surface area contributed by atoms with Crippen LogP contribution in [-0.4, -0.2) is 11.7 Å². The Bertz CT molecular complexity index is 1130. The van der Waals surface area contributed by atoms with E-state index in [9.17, 15) is 14.0 Å². The first-order valence-corrected chi connectivity index (χ1v) is 10.5. The minimum absolute atomic E-state index is 0.0294. The number of Topliss-reactive ketones (excluding diaryl/α,β-unsaturated/α-hetero) is 1. The first kappa shape index (κ1) is 21.0. The zero-order chi connectivity index (χ0) is 22.3. The minimum Gasteiger partial charge on any atom is -0.362 e. The van der Waals surface area contributed by atoms with Crippen molar-refractivity contribution in [1.29, 1.82) is 0 Å². The van der Waals surface area contributed by atoms with Crippen molar-refractivity contribution in [2.75, 3.05) is 5.32 Å². The average molecular weight is 419 g/mol. The van der Waals surface area contributed by atoms with Gasteiger partial charge < -0.3 is 10.6 Å². The van der Waals surface area contributed by atoms with Crippen LogP contribution in [0.2, 0.25) is 0 Å². The summed E-state index contributed by atoms with van der Waals surface area (Å²) in [6.07, 6.45) is 1.13. The molecule has 31 heavy (non-hydrogen) atoms. The third kappa shape index (κ3) is 4.05. The van der Waals surface area contributed by atoms with Gasteiger partial charge >= 0.3 is 0 Å². The summed E-state index contributed by atoms with van der Waals surface area (Å²) in [5, 5.41) is 6.35. The van der Waals surface area contributed by atoms with E-state index in [-0.39, 0.29) is 22.9 Å². The Balaban J connectivity index is 1.81. The Kier molecular flexibility index (Phi) is 5.29. The number of amides is 1. The van der Waals surface area contributed by atoms with Crippen molar-refractivity contribution in [3.63, 3.8) is 0 Å². The molecule has 2 N–H and O–H groups in total. The van der Waals surface area contributed by atoms with E-state index in [0.29, 0.717) is 23.3 Å². The summed E-state index contributed by atoms with van der Waals surface area (Å²) in [5.41, 5.74) is 4.93. The Morgan fingerprint density at radius 2 is 1.74 bits per heavy atom. The van der Waals surface area contributed by atoms with Crippen LogP contribution in [0.4, 0.5) is 10.1 Å². The zero-order valence-corrected chi connectivity index (χ0v) is 18.3. The highest BCUT2D eigenvalue weighted by Gasteiger charge is 2.42. The molecule has 0 fully saturated rings. The standard InChI is InChI=1S/C26H27FN2O2/c1-15-7-5-6-8-19(15)29-25(31)22-16(2)28-20-13-26(3,4)14-21(30)24(20)23(22)17-9-11-18(27)12-10-17/h5-12,23,28H,13-14H2,1-4H3,(H,29,31). The molecule has 0 bridgehead atoms. The van der Waals surface area contributed by atoms with Crippen molar-refractivity contribution in [3.05, 3.63) is 88.0 Å². The highest BCUT2D eigenvalue weighted by molar-refractivity contribution is 6.10. The van der Waals surface area contributed by atoms with Crippen molar-refractivity contribution < 1.29 is 14.0 Å². The Labute approximate surface area is 182 Å². The van der Waals surface area contributed by atoms with Crippen molar-refractivity contribution in [2.24, 2.45) is 5.41 Å². The molecule has 1 aliphatic heterocycles. The molecule has 1 unspecified atom stereocenters. The predicted molar refractivity (Wildman–Crippen MR) is 120 cm³/mol. The predicted octanol–water partition coefficient (Wildman–Crippen LogP) is 5.38. The van der Waals surface area contributed by atoms with E-state index in [2.05, 4.69) is 24.5 Å². The number of hydrogen-bond acceptors (Lipinski definition) is 3. The molecular weight excluding hydrogens is 391 g/mol. The van der Waals surface area contributed by atoms with Crippen molar-refractivity contribution in [1.82, 2.24) is 5.32 Å². The number of rotatable bonds is 3. The number of para-hydroxylation sites is 1. The Hall–Kier alpha value is -3.21. The second-order valence-electron chi connectivity index (χ2n) is 9.25. The molecule has 2 aliphatic rings. The fourth-order valence-corrected chi connectivity index (χ4v) is 4.63. The van der Waals surface area contributed by atoms with Gasteiger partial charge in [-0.1, -0.05) is 44.2 Å². The summed E-state index contributed by atoms with van der Waals surface area (Å²) in [5.74, 6) is -1.13. The number of carbonyl (C=O) groups excluding carboxylic acids is 2. The molecule has 1 heterocycles. The lowest BCUT2D eigenvalue weighted by atomic mass is 9.68. The fraction of sp³-hybridized carbons (Fsp3) is 0.308. The van der Waals surface area contributed by atoms with Crippen LogP contribution in [0, 0.1) is 18.2 Å². The molecule has 2 aromatic carbocycles. The largest absolute Gasteiger partial charge is 0.362 e. The monoisotopic (exact) mass is 418 g/mol. The SMILES string of the molecule is CC1=C(C(=O)Nc2ccccc2C)C(c2ccc(F)cc2)C2=C(CC(C)(C)CC2=O)N1. The number of halogens is 1. The summed E-state index contributed by atoms with van der Waals surface area (Å²) in [4.78, 5) is 26.7. The van der Waals surface area contributed by atoms with Crippen LogP contribution in [0.1, 0.15) is 50.7 Å². The van der Waals surface area contributed by atoms with Crippen LogP contribution in [0.5, 0.6) is 0 Å². The van der Waals surface area contributed by atoms with Gasteiger partial charge in [0.05, 0.1) is 0 Å². The number of allylic oxidation sites excluding steroid dienone is 3. The molecule has 0 saturated carbocycles. The number of carbonyl (C=O) groups is 2. The lowest BCUT2D eigenvalue weighted by Crippen LogP contribution is -2.39. The number of hydrogen-bond donors (Lipinski definition) is 2. The highest BCUT2D eigenvalue weighted by atomic mass is 19.1. The van der Waals surface area contributed by atoms with Crippen LogP contribution < -0.4 is 10.6 Å². The fourth-order valence-electron chi connectivity index (χ4n) is 4.63. The number of nitrogens with one attached hydrogen (secondary N) is 2. The van der Waals surface area contributed by atoms with Crippen molar-refractivity contribution in [2.45, 2.75) is 46.5 Å². The van der Waals surface area contributed by atoms with E-state index in [1.54, 1.807) is 12.1 Å². The number of aryl methyl sites for hydroxylation is 1. The quantitative estimate of drug-likeness (QED) is 0.704. The van der Waals surface area contributed by atoms with E-state index >= 15 is 0 Å². The molecule has 1 aliphatic carbocycles. The first-order valence-electron chi connectivity index (χ1n) is 10.5. The van der Waals surface area contributed by atoms with E-state index in [4.69, 9.17) is 0 Å². The second-order valence-corrected chi connectivity index (χ2v) is 9.25. The molecule has 1 amide bonds. The van der Waals surface area contributed by atoms with Crippen LogP contribution in [0.25, 0.3) is 0 Å². The maximum Gasteiger partial charge on any atom is 0.254 e. The molecule has 0 aromatic heterocycles. The van der Waals surface area contributed by atoms with Gasteiger partial charge in [-0.25, -0.2) is 4.39 Å². The molecule has 160 valence electrons. The maximum absolute atomic E-state index is 13.6. The van der Waals surface area contributed by atoms with Crippen LogP contribution >= 0.6 is 0 Å². The number of benzene rings is 2. The topological polar surface area (TPSA) is 58.2 Å². The molecule has 4 rings (SSSR count). The number of dihydropyridines is 1. The van der Waals surface area contributed by atoms with Gasteiger partial charge in [0.1, 0.15) is 5.82 Å². The Morgan fingerprint density at radius 1 is 1.06 bits per heavy atom. The van der Waals surface area contributed by atoms with E-state index < -0.39 is 5.92 Å². The van der Waals surface area contributed by atoms with Gasteiger partial charge in [0.15, 0.2) is 5.78 Å². The first-order chi connectivity index (χ1) is 14.7. The normalized spacial score (nSPS) is 20.3. The Morgan fingerprint density at radius 3 is 2.42 bits per heavy atom. The highest BCUT2D eigenvalue weighted by Crippen LogP contribution is 2.46. The molecule has 1 atom stereocenters. The average Bonchev–Trinajstić information content (AvgIpc) is 2.68. The molecule has 0 saturated heterocycles. The maximum atomic E-state index is 13.6. The zero-order valence-electron chi connectivity index (χ0n) is 18.3. The van der Waals surface area contributed by atoms with Crippen LogP contribution in [-0.2, 0) is 9.59 Å². The van der Waals surface area contributed by atoms with E-state index in [1.165, 1.54) is 12.1 Å². The van der Waals surface area contributed by atoms with Gasteiger partial charge in [-0.05, 0) is 55.0 Å². The van der Waals surface area contributed by atoms with Gasteiger partial charge in [0.2, 0.25) is 0 Å². The summed E-state index contributed by atoms with van der Waals surface area (Å²) in [6.45, 7) is 7.94. The van der Waals surface area contributed by atoms with Crippen molar-refractivity contribution >= 4 is 17.4 Å². The molecule has 0 spiro atoms. The molecule has 4 nitrogen and oxygen atoms in total. The minimum atomic E-state index is -0.538. The lowest BCUT2D eigenvalue weighted by Gasteiger charge is -2.39. The van der Waals surface area contributed by atoms with Gasteiger partial charge in [-0.3, -0.25) is 9.59 Å². The van der Waals surface area contributed by atoms with Gasteiger partial charge in [0.25, 0.3) is 5.91 Å². The van der Waals surface area contributed by atoms with Crippen molar-refractivity contribution in [3.8, 4) is 0 Å².